The molecule has 3 amide bonds. The van der Waals surface area contributed by atoms with Crippen molar-refractivity contribution in [1.29, 1.82) is 0 Å². The Labute approximate surface area is 149 Å². The number of amides is 3. The molecule has 0 bridgehead atoms. The molecule has 2 unspecified atom stereocenters. The van der Waals surface area contributed by atoms with Gasteiger partial charge in [-0.15, -0.1) is 0 Å². The van der Waals surface area contributed by atoms with Crippen LogP contribution in [-0.2, 0) is 9.59 Å². The van der Waals surface area contributed by atoms with Crippen molar-refractivity contribution in [3.8, 4) is 0 Å². The largest absolute Gasteiger partial charge is 0.465 e. The molecule has 0 fully saturated rings. The van der Waals surface area contributed by atoms with Crippen molar-refractivity contribution >= 4 is 24.1 Å². The third kappa shape index (κ3) is 11.1. The lowest BCUT2D eigenvalue weighted by Gasteiger charge is -2.23. The first kappa shape index (κ1) is 22.9. The maximum absolute atomic E-state index is 12.4. The average molecular weight is 356 g/mol. The first-order valence-corrected chi connectivity index (χ1v) is 8.65. The van der Waals surface area contributed by atoms with Crippen molar-refractivity contribution in [3.05, 3.63) is 0 Å². The van der Waals surface area contributed by atoms with Crippen molar-refractivity contribution in [3.63, 3.8) is 0 Å². The second-order valence-electron chi connectivity index (χ2n) is 7.32. The lowest BCUT2D eigenvalue weighted by atomic mass is 10.0. The van der Waals surface area contributed by atoms with Crippen LogP contribution < -0.4 is 16.1 Å². The minimum Gasteiger partial charge on any atom is -0.465 e. The molecule has 0 spiro atoms. The smallest absolute Gasteiger partial charge is 0.405 e. The lowest BCUT2D eigenvalue weighted by Crippen LogP contribution is -2.53. The summed E-state index contributed by atoms with van der Waals surface area (Å²) in [5.41, 5.74) is 2.42. The van der Waals surface area contributed by atoms with E-state index in [0.29, 0.717) is 12.8 Å². The maximum Gasteiger partial charge on any atom is 0.405 e. The Morgan fingerprint density at radius 2 is 1.36 bits per heavy atom. The molecule has 25 heavy (non-hydrogen) atoms. The Balaban J connectivity index is 5.03. The lowest BCUT2D eigenvalue weighted by molar-refractivity contribution is -0.130. The van der Waals surface area contributed by atoms with Gasteiger partial charge in [0.15, 0.2) is 0 Å². The van der Waals surface area contributed by atoms with Gasteiger partial charge in [-0.2, -0.15) is 5.10 Å². The summed E-state index contributed by atoms with van der Waals surface area (Å²) in [6, 6.07) is -1.68. The van der Waals surface area contributed by atoms with Gasteiger partial charge < -0.3 is 15.7 Å². The number of rotatable bonds is 10. The van der Waals surface area contributed by atoms with Crippen LogP contribution >= 0.6 is 0 Å². The first-order chi connectivity index (χ1) is 11.5. The fraction of sp³-hybridized carbons (Fsp3) is 0.765. The quantitative estimate of drug-likeness (QED) is 0.353. The third-order valence-corrected chi connectivity index (χ3v) is 3.21. The number of carbonyl (C=O) groups excluding carboxylic acids is 2. The van der Waals surface area contributed by atoms with Gasteiger partial charge in [0.05, 0.1) is 0 Å². The van der Waals surface area contributed by atoms with Crippen LogP contribution in [0.15, 0.2) is 5.10 Å². The third-order valence-electron chi connectivity index (χ3n) is 3.21. The maximum atomic E-state index is 12.4. The first-order valence-electron chi connectivity index (χ1n) is 8.65. The number of hydrazone groups is 1. The van der Waals surface area contributed by atoms with Crippen LogP contribution in [-0.4, -0.2) is 41.3 Å². The fourth-order valence-electron chi connectivity index (χ4n) is 2.16. The molecule has 0 aromatic heterocycles. The molecule has 8 heteroatoms. The Kier molecular flexibility index (Phi) is 10.5. The molecule has 4 N–H and O–H groups in total. The highest BCUT2D eigenvalue weighted by Crippen LogP contribution is 2.09. The Morgan fingerprint density at radius 1 is 0.880 bits per heavy atom. The summed E-state index contributed by atoms with van der Waals surface area (Å²) in [7, 11) is 0. The highest BCUT2D eigenvalue weighted by atomic mass is 16.4. The van der Waals surface area contributed by atoms with E-state index in [9.17, 15) is 14.4 Å². The molecule has 0 rings (SSSR count). The molecule has 0 aliphatic heterocycles. The summed E-state index contributed by atoms with van der Waals surface area (Å²) < 4.78 is 0. The van der Waals surface area contributed by atoms with E-state index in [0.717, 1.165) is 0 Å². The monoisotopic (exact) mass is 356 g/mol. The molecular formula is C17H32N4O4. The number of hydrogen-bond acceptors (Lipinski definition) is 4. The SMILES string of the molecule is CC(C)C=NNC(=O)C(CC(C)C)NC(=O)C(CC(C)C)NC(=O)O. The van der Waals surface area contributed by atoms with E-state index >= 15 is 0 Å². The zero-order valence-electron chi connectivity index (χ0n) is 16.0. The van der Waals surface area contributed by atoms with Crippen molar-refractivity contribution in [2.75, 3.05) is 0 Å². The summed E-state index contributed by atoms with van der Waals surface area (Å²) in [4.78, 5) is 35.6. The zero-order valence-corrected chi connectivity index (χ0v) is 16.0. The van der Waals surface area contributed by atoms with Gasteiger partial charge >= 0.3 is 6.09 Å². The van der Waals surface area contributed by atoms with Crippen LogP contribution in [0.4, 0.5) is 4.79 Å². The van der Waals surface area contributed by atoms with Crippen LogP contribution in [0, 0.1) is 17.8 Å². The topological polar surface area (TPSA) is 120 Å². The molecule has 0 aromatic rings. The molecule has 0 radical (unpaired) electrons. The Morgan fingerprint density at radius 3 is 1.76 bits per heavy atom. The predicted octanol–water partition coefficient (Wildman–Crippen LogP) is 1.96. The minimum atomic E-state index is -1.27. The molecule has 0 aromatic carbocycles. The van der Waals surface area contributed by atoms with Crippen molar-refractivity contribution in [2.24, 2.45) is 22.9 Å². The second kappa shape index (κ2) is 11.4. The van der Waals surface area contributed by atoms with Gasteiger partial charge in [0.25, 0.3) is 5.91 Å². The highest BCUT2D eigenvalue weighted by molar-refractivity contribution is 5.91. The number of nitrogens with one attached hydrogen (secondary N) is 3. The number of hydrogen-bond donors (Lipinski definition) is 4. The molecule has 0 aliphatic rings. The molecule has 0 saturated heterocycles. The van der Waals surface area contributed by atoms with Crippen LogP contribution in [0.1, 0.15) is 54.4 Å². The Bertz CT molecular complexity index is 475. The number of carbonyl (C=O) groups is 3. The van der Waals surface area contributed by atoms with Crippen molar-refractivity contribution in [1.82, 2.24) is 16.1 Å². The van der Waals surface area contributed by atoms with Crippen LogP contribution in [0.5, 0.6) is 0 Å². The average Bonchev–Trinajstić information content (AvgIpc) is 2.43. The predicted molar refractivity (Wildman–Crippen MR) is 97.3 cm³/mol. The van der Waals surface area contributed by atoms with Gasteiger partial charge in [0.1, 0.15) is 12.1 Å². The molecule has 144 valence electrons. The molecule has 8 nitrogen and oxygen atoms in total. The second-order valence-corrected chi connectivity index (χ2v) is 7.32. The van der Waals surface area contributed by atoms with Gasteiger partial charge in [-0.1, -0.05) is 41.5 Å². The van der Waals surface area contributed by atoms with Crippen molar-refractivity contribution in [2.45, 2.75) is 66.5 Å². The summed E-state index contributed by atoms with van der Waals surface area (Å²) >= 11 is 0. The highest BCUT2D eigenvalue weighted by Gasteiger charge is 2.27. The molecule has 0 heterocycles. The molecule has 2 atom stereocenters. The van der Waals surface area contributed by atoms with Crippen LogP contribution in [0.3, 0.4) is 0 Å². The van der Waals surface area contributed by atoms with Crippen LogP contribution in [0.2, 0.25) is 0 Å². The van der Waals surface area contributed by atoms with Crippen molar-refractivity contribution < 1.29 is 19.5 Å². The Hall–Kier alpha value is -2.12. The standard InChI is InChI=1S/C17H32N4O4/c1-10(2)7-13(20-17(24)25)15(22)19-14(8-11(3)4)16(23)21-18-9-12(5)6/h9-14,20H,7-8H2,1-6H3,(H,19,22)(H,21,23)(H,24,25). The minimum absolute atomic E-state index is 0.121. The molecule has 0 aliphatic carbocycles. The zero-order chi connectivity index (χ0) is 19.6. The van der Waals surface area contributed by atoms with Gasteiger partial charge in [0, 0.05) is 6.21 Å². The van der Waals surface area contributed by atoms with Gasteiger partial charge in [-0.3, -0.25) is 9.59 Å². The summed E-state index contributed by atoms with van der Waals surface area (Å²) in [5.74, 6) is -0.451. The van der Waals surface area contributed by atoms with Crippen LogP contribution in [0.25, 0.3) is 0 Å². The van der Waals surface area contributed by atoms with E-state index in [2.05, 4.69) is 21.2 Å². The van der Waals surface area contributed by atoms with Gasteiger partial charge in [0.2, 0.25) is 5.91 Å². The fourth-order valence-corrected chi connectivity index (χ4v) is 2.16. The molecule has 0 saturated carbocycles. The number of carboxylic acid groups (broad SMARTS) is 1. The van der Waals surface area contributed by atoms with E-state index in [1.807, 2.05) is 41.5 Å². The summed E-state index contributed by atoms with van der Waals surface area (Å²) in [6.07, 6.45) is 1.10. The van der Waals surface area contributed by atoms with E-state index < -0.39 is 30.0 Å². The van der Waals surface area contributed by atoms with E-state index in [1.165, 1.54) is 0 Å². The summed E-state index contributed by atoms with van der Waals surface area (Å²) in [5, 5.41) is 17.6. The van der Waals surface area contributed by atoms with E-state index in [1.54, 1.807) is 6.21 Å². The van der Waals surface area contributed by atoms with Gasteiger partial charge in [-0.25, -0.2) is 10.2 Å². The van der Waals surface area contributed by atoms with E-state index in [-0.39, 0.29) is 17.8 Å². The van der Waals surface area contributed by atoms with E-state index in [4.69, 9.17) is 5.11 Å². The number of nitrogens with zero attached hydrogens (tertiary/aromatic N) is 1. The summed E-state index contributed by atoms with van der Waals surface area (Å²) in [6.45, 7) is 11.5. The van der Waals surface area contributed by atoms with Gasteiger partial charge in [-0.05, 0) is 30.6 Å². The normalized spacial score (nSPS) is 14.0. The molecular weight excluding hydrogens is 324 g/mol.